The summed E-state index contributed by atoms with van der Waals surface area (Å²) in [6.45, 7) is 5.44. The van der Waals surface area contributed by atoms with Crippen LogP contribution in [0.2, 0.25) is 0 Å². The van der Waals surface area contributed by atoms with Crippen LogP contribution in [0.5, 0.6) is 0 Å². The molecule has 0 fully saturated rings. The molecule has 31 heavy (non-hydrogen) atoms. The number of sulfonamides is 1. The van der Waals surface area contributed by atoms with Crippen molar-refractivity contribution in [3.8, 4) is 0 Å². The number of hydrogen-bond acceptors (Lipinski definition) is 7. The van der Waals surface area contributed by atoms with Gasteiger partial charge in [0, 0.05) is 32.4 Å². The summed E-state index contributed by atoms with van der Waals surface area (Å²) in [4.78, 5) is 37.5. The van der Waals surface area contributed by atoms with E-state index >= 15 is 0 Å². The number of hydrogen-bond donors (Lipinski definition) is 2. The van der Waals surface area contributed by atoms with Gasteiger partial charge in [-0.05, 0) is 44.5 Å². The minimum atomic E-state index is -3.61. The van der Waals surface area contributed by atoms with E-state index < -0.39 is 27.1 Å². The molecule has 2 rings (SSSR count). The Balaban J connectivity index is 2.24. The number of Topliss-reactive ketones (excluding diaryl/α,β-unsaturated/α-hetero) is 1. The molecule has 10 nitrogen and oxygen atoms in total. The Morgan fingerprint density at radius 1 is 1.19 bits per heavy atom. The lowest BCUT2D eigenvalue weighted by molar-refractivity contribution is 0.100. The van der Waals surface area contributed by atoms with E-state index in [2.05, 4.69) is 5.32 Å². The first-order chi connectivity index (χ1) is 14.4. The maximum Gasteiger partial charge on any atom is 0.332 e. The predicted molar refractivity (Wildman–Crippen MR) is 120 cm³/mol. The van der Waals surface area contributed by atoms with Crippen molar-refractivity contribution in [1.82, 2.24) is 13.4 Å². The first-order valence-corrected chi connectivity index (χ1v) is 11.3. The molecule has 0 aliphatic rings. The zero-order chi connectivity index (χ0) is 23.5. The van der Waals surface area contributed by atoms with Crippen molar-refractivity contribution in [3.63, 3.8) is 0 Å². The minimum absolute atomic E-state index is 0.130. The van der Waals surface area contributed by atoms with Gasteiger partial charge in [-0.15, -0.1) is 0 Å². The van der Waals surface area contributed by atoms with Crippen LogP contribution in [0.4, 0.5) is 11.5 Å². The van der Waals surface area contributed by atoms with Crippen LogP contribution < -0.4 is 22.3 Å². The summed E-state index contributed by atoms with van der Waals surface area (Å²) in [7, 11) is -0.807. The molecule has 0 aliphatic carbocycles. The van der Waals surface area contributed by atoms with E-state index in [1.54, 1.807) is 13.8 Å². The predicted octanol–water partition coefficient (Wildman–Crippen LogP) is 0.863. The number of ketones is 1. The highest BCUT2D eigenvalue weighted by Gasteiger charge is 2.23. The summed E-state index contributed by atoms with van der Waals surface area (Å²) in [5.41, 5.74) is 4.89. The fraction of sp³-hybridized carbons (Fsp3) is 0.450. The van der Waals surface area contributed by atoms with Crippen LogP contribution in [0.1, 0.15) is 37.6 Å². The van der Waals surface area contributed by atoms with E-state index in [1.807, 2.05) is 6.92 Å². The van der Waals surface area contributed by atoms with E-state index in [0.717, 1.165) is 4.57 Å². The number of carbonyl (C=O) groups excluding carboxylic acids is 1. The number of nitrogen functional groups attached to an aromatic ring is 1. The largest absolute Gasteiger partial charge is 0.384 e. The molecule has 0 aliphatic heterocycles. The van der Waals surface area contributed by atoms with Crippen LogP contribution in [0.3, 0.4) is 0 Å². The van der Waals surface area contributed by atoms with Gasteiger partial charge in [-0.2, -0.15) is 4.31 Å². The zero-order valence-electron chi connectivity index (χ0n) is 18.4. The lowest BCUT2D eigenvalue weighted by Crippen LogP contribution is -2.43. The normalized spacial score (nSPS) is 11.8. The lowest BCUT2D eigenvalue weighted by atomic mass is 10.2. The van der Waals surface area contributed by atoms with Crippen molar-refractivity contribution < 1.29 is 13.2 Å². The first-order valence-electron chi connectivity index (χ1n) is 9.87. The van der Waals surface area contributed by atoms with Gasteiger partial charge in [-0.25, -0.2) is 13.2 Å². The Morgan fingerprint density at radius 3 is 2.29 bits per heavy atom. The number of carbonyl (C=O) groups is 1. The highest BCUT2D eigenvalue weighted by molar-refractivity contribution is 7.89. The van der Waals surface area contributed by atoms with Crippen LogP contribution in [-0.2, 0) is 23.6 Å². The quantitative estimate of drug-likeness (QED) is 0.540. The summed E-state index contributed by atoms with van der Waals surface area (Å²) >= 11 is 0. The molecule has 2 aromatic rings. The number of nitrogens with two attached hydrogens (primary N) is 1. The van der Waals surface area contributed by atoms with Crippen molar-refractivity contribution in [3.05, 3.63) is 50.7 Å². The monoisotopic (exact) mass is 451 g/mol. The van der Waals surface area contributed by atoms with Crippen molar-refractivity contribution in [1.29, 1.82) is 0 Å². The molecule has 1 heterocycles. The van der Waals surface area contributed by atoms with Crippen molar-refractivity contribution in [2.75, 3.05) is 24.6 Å². The van der Waals surface area contributed by atoms with E-state index in [4.69, 9.17) is 5.73 Å². The van der Waals surface area contributed by atoms with Gasteiger partial charge in [0.05, 0.1) is 11.4 Å². The van der Waals surface area contributed by atoms with E-state index in [0.29, 0.717) is 12.1 Å². The first kappa shape index (κ1) is 24.4. The number of nitrogens with one attached hydrogen (secondary N) is 1. The third-order valence-corrected chi connectivity index (χ3v) is 7.07. The van der Waals surface area contributed by atoms with Gasteiger partial charge in [0.2, 0.25) is 10.0 Å². The molecular formula is C20H29N5O5S. The standard InChI is InChI=1S/C20H29N5O5S/c1-6-11-25-18(21)17(19(27)23(4)20(25)28)16(26)12-22-14-7-9-15(10-8-14)31(29,30)24(5)13(2)3/h7-10,13,22H,6,11-12,21H2,1-5H3. The van der Waals surface area contributed by atoms with Crippen molar-refractivity contribution >= 4 is 27.3 Å². The average molecular weight is 452 g/mol. The fourth-order valence-corrected chi connectivity index (χ4v) is 4.31. The number of rotatable bonds is 9. The van der Waals surface area contributed by atoms with E-state index in [1.165, 1.54) is 47.2 Å². The molecule has 0 unspecified atom stereocenters. The second kappa shape index (κ2) is 9.48. The van der Waals surface area contributed by atoms with Crippen LogP contribution in [0, 0.1) is 0 Å². The van der Waals surface area contributed by atoms with Gasteiger partial charge in [-0.1, -0.05) is 6.92 Å². The van der Waals surface area contributed by atoms with Gasteiger partial charge in [0.15, 0.2) is 5.78 Å². The summed E-state index contributed by atoms with van der Waals surface area (Å²) in [5.74, 6) is -0.723. The highest BCUT2D eigenvalue weighted by atomic mass is 32.2. The van der Waals surface area contributed by atoms with Gasteiger partial charge < -0.3 is 11.1 Å². The molecule has 0 amide bonds. The third kappa shape index (κ3) is 4.88. The second-order valence-corrected chi connectivity index (χ2v) is 9.47. The molecule has 11 heteroatoms. The smallest absolute Gasteiger partial charge is 0.332 e. The molecule has 0 bridgehead atoms. The van der Waals surface area contributed by atoms with Gasteiger partial charge >= 0.3 is 5.69 Å². The molecule has 0 spiro atoms. The molecule has 0 atom stereocenters. The Labute approximate surface area is 181 Å². The second-order valence-electron chi connectivity index (χ2n) is 7.47. The third-order valence-electron chi connectivity index (χ3n) is 5.02. The molecule has 0 saturated carbocycles. The maximum atomic E-state index is 12.7. The Morgan fingerprint density at radius 2 is 1.77 bits per heavy atom. The minimum Gasteiger partial charge on any atom is -0.384 e. The van der Waals surface area contributed by atoms with E-state index in [-0.39, 0.29) is 35.4 Å². The number of nitrogens with zero attached hydrogens (tertiary/aromatic N) is 3. The van der Waals surface area contributed by atoms with E-state index in [9.17, 15) is 22.8 Å². The Hall–Kier alpha value is -2.92. The SMILES string of the molecule is CCCn1c(N)c(C(=O)CNc2ccc(S(=O)(=O)N(C)C(C)C)cc2)c(=O)n(C)c1=O. The lowest BCUT2D eigenvalue weighted by Gasteiger charge is -2.21. The van der Waals surface area contributed by atoms with Crippen LogP contribution in [-0.4, -0.2) is 47.3 Å². The molecule has 170 valence electrons. The summed E-state index contributed by atoms with van der Waals surface area (Å²) in [5, 5.41) is 2.86. The number of benzene rings is 1. The molecule has 1 aromatic heterocycles. The van der Waals surface area contributed by atoms with Gasteiger partial charge in [0.25, 0.3) is 5.56 Å². The maximum absolute atomic E-state index is 12.7. The topological polar surface area (TPSA) is 136 Å². The average Bonchev–Trinajstić information content (AvgIpc) is 2.73. The molecule has 1 aromatic carbocycles. The molecular weight excluding hydrogens is 422 g/mol. The summed E-state index contributed by atoms with van der Waals surface area (Å²) in [6.07, 6.45) is 0.607. The summed E-state index contributed by atoms with van der Waals surface area (Å²) in [6, 6.07) is 5.76. The zero-order valence-corrected chi connectivity index (χ0v) is 19.2. The van der Waals surface area contributed by atoms with Crippen molar-refractivity contribution in [2.24, 2.45) is 7.05 Å². The summed E-state index contributed by atoms with van der Waals surface area (Å²) < 4.78 is 28.4. The van der Waals surface area contributed by atoms with Crippen LogP contribution >= 0.6 is 0 Å². The number of anilines is 2. The highest BCUT2D eigenvalue weighted by Crippen LogP contribution is 2.19. The Kier molecular flexibility index (Phi) is 7.45. The molecule has 0 saturated heterocycles. The van der Waals surface area contributed by atoms with Crippen LogP contribution in [0.15, 0.2) is 38.8 Å². The molecule has 3 N–H and O–H groups in total. The van der Waals surface area contributed by atoms with Gasteiger partial charge in [-0.3, -0.25) is 18.7 Å². The molecule has 0 radical (unpaired) electrons. The Bertz CT molecular complexity index is 1180. The fourth-order valence-electron chi connectivity index (χ4n) is 2.94. The van der Waals surface area contributed by atoms with Crippen molar-refractivity contribution in [2.45, 2.75) is 44.7 Å². The van der Waals surface area contributed by atoms with Gasteiger partial charge in [0.1, 0.15) is 11.4 Å². The number of aromatic nitrogens is 2. The van der Waals surface area contributed by atoms with Crippen LogP contribution in [0.25, 0.3) is 0 Å².